The van der Waals surface area contributed by atoms with Crippen LogP contribution in [-0.4, -0.2) is 55.6 Å². The lowest BCUT2D eigenvalue weighted by atomic mass is 10.0. The lowest BCUT2D eigenvalue weighted by Crippen LogP contribution is -2.44. The molecule has 0 spiro atoms. The summed E-state index contributed by atoms with van der Waals surface area (Å²) in [6, 6.07) is 9.37. The van der Waals surface area contributed by atoms with Crippen LogP contribution in [0.1, 0.15) is 25.3 Å². The number of nitrogens with one attached hydrogen (secondary N) is 1. The third-order valence-corrected chi connectivity index (χ3v) is 4.44. The second-order valence-electron chi connectivity index (χ2n) is 5.94. The molecule has 0 aromatic heterocycles. The van der Waals surface area contributed by atoms with Crippen molar-refractivity contribution in [3.8, 4) is 0 Å². The van der Waals surface area contributed by atoms with Gasteiger partial charge in [-0.25, -0.2) is 0 Å². The number of anilines is 1. The Hall–Kier alpha value is -1.06. The molecule has 1 heterocycles. The molecule has 2 rings (SSSR count). The molecule has 1 aromatic rings. The highest BCUT2D eigenvalue weighted by Crippen LogP contribution is 2.15. The Morgan fingerprint density at radius 3 is 2.70 bits per heavy atom. The fraction of sp³-hybridized carbons (Fsp3) is 0.647. The SMILES string of the molecule is CCN1CCC(N(C)CCNc2cccc(C)c2)CC1. The van der Waals surface area contributed by atoms with Gasteiger partial charge in [0.25, 0.3) is 0 Å². The lowest BCUT2D eigenvalue weighted by molar-refractivity contribution is 0.135. The minimum Gasteiger partial charge on any atom is -0.384 e. The molecule has 1 fully saturated rings. The third kappa shape index (κ3) is 4.50. The van der Waals surface area contributed by atoms with Gasteiger partial charge < -0.3 is 15.1 Å². The van der Waals surface area contributed by atoms with E-state index >= 15 is 0 Å². The van der Waals surface area contributed by atoms with E-state index in [1.807, 2.05) is 0 Å². The molecule has 1 saturated heterocycles. The van der Waals surface area contributed by atoms with Gasteiger partial charge in [0, 0.05) is 24.8 Å². The van der Waals surface area contributed by atoms with Crippen molar-refractivity contribution in [3.63, 3.8) is 0 Å². The summed E-state index contributed by atoms with van der Waals surface area (Å²) in [5.74, 6) is 0. The van der Waals surface area contributed by atoms with Crippen molar-refractivity contribution in [1.29, 1.82) is 0 Å². The maximum Gasteiger partial charge on any atom is 0.0343 e. The van der Waals surface area contributed by atoms with Crippen LogP contribution in [0.2, 0.25) is 0 Å². The molecule has 1 aromatic carbocycles. The second-order valence-corrected chi connectivity index (χ2v) is 5.94. The summed E-state index contributed by atoms with van der Waals surface area (Å²) >= 11 is 0. The van der Waals surface area contributed by atoms with Crippen molar-refractivity contribution in [2.45, 2.75) is 32.7 Å². The van der Waals surface area contributed by atoms with Crippen LogP contribution < -0.4 is 5.32 Å². The van der Waals surface area contributed by atoms with Gasteiger partial charge in [0.15, 0.2) is 0 Å². The molecular weight excluding hydrogens is 246 g/mol. The van der Waals surface area contributed by atoms with Gasteiger partial charge in [-0.15, -0.1) is 0 Å². The van der Waals surface area contributed by atoms with Crippen molar-refractivity contribution >= 4 is 5.69 Å². The molecule has 0 amide bonds. The smallest absolute Gasteiger partial charge is 0.0343 e. The molecule has 20 heavy (non-hydrogen) atoms. The number of piperidine rings is 1. The van der Waals surface area contributed by atoms with E-state index < -0.39 is 0 Å². The van der Waals surface area contributed by atoms with Crippen LogP contribution in [-0.2, 0) is 0 Å². The maximum absolute atomic E-state index is 3.52. The quantitative estimate of drug-likeness (QED) is 0.861. The van der Waals surface area contributed by atoms with Gasteiger partial charge in [-0.2, -0.15) is 0 Å². The predicted octanol–water partition coefficient (Wildman–Crippen LogP) is 2.82. The van der Waals surface area contributed by atoms with Gasteiger partial charge >= 0.3 is 0 Å². The summed E-state index contributed by atoms with van der Waals surface area (Å²) in [5.41, 5.74) is 2.55. The van der Waals surface area contributed by atoms with Crippen molar-refractivity contribution in [1.82, 2.24) is 9.80 Å². The number of nitrogens with zero attached hydrogens (tertiary/aromatic N) is 2. The van der Waals surface area contributed by atoms with E-state index in [-0.39, 0.29) is 0 Å². The zero-order valence-corrected chi connectivity index (χ0v) is 13.2. The van der Waals surface area contributed by atoms with Crippen LogP contribution in [0.25, 0.3) is 0 Å². The van der Waals surface area contributed by atoms with Gasteiger partial charge in [0.2, 0.25) is 0 Å². The van der Waals surface area contributed by atoms with Crippen LogP contribution in [0.4, 0.5) is 5.69 Å². The third-order valence-electron chi connectivity index (χ3n) is 4.44. The van der Waals surface area contributed by atoms with Crippen LogP contribution in [0, 0.1) is 6.92 Å². The summed E-state index contributed by atoms with van der Waals surface area (Å²) in [5, 5.41) is 3.52. The summed E-state index contributed by atoms with van der Waals surface area (Å²) < 4.78 is 0. The maximum atomic E-state index is 3.52. The van der Waals surface area contributed by atoms with E-state index in [1.54, 1.807) is 0 Å². The standard InChI is InChI=1S/C17H29N3/c1-4-20-11-8-17(9-12-20)19(3)13-10-18-16-7-5-6-15(2)14-16/h5-7,14,17-18H,4,8-13H2,1-3H3. The molecule has 0 unspecified atom stereocenters. The minimum absolute atomic E-state index is 0.761. The van der Waals surface area contributed by atoms with Crippen LogP contribution >= 0.6 is 0 Å². The topological polar surface area (TPSA) is 18.5 Å². The highest BCUT2D eigenvalue weighted by atomic mass is 15.2. The fourth-order valence-electron chi connectivity index (χ4n) is 2.99. The zero-order chi connectivity index (χ0) is 14.4. The second kappa shape index (κ2) is 7.65. The molecule has 1 aliphatic rings. The summed E-state index contributed by atoms with van der Waals surface area (Å²) in [7, 11) is 2.27. The van der Waals surface area contributed by atoms with E-state index in [0.717, 1.165) is 19.1 Å². The molecular formula is C17H29N3. The normalized spacial score (nSPS) is 17.6. The fourth-order valence-corrected chi connectivity index (χ4v) is 2.99. The highest BCUT2D eigenvalue weighted by Gasteiger charge is 2.20. The van der Waals surface area contributed by atoms with Crippen LogP contribution in [0.15, 0.2) is 24.3 Å². The Labute approximate surface area is 124 Å². The first kappa shape index (κ1) is 15.3. The number of likely N-dealkylation sites (N-methyl/N-ethyl adjacent to an activating group) is 1. The number of hydrogen-bond acceptors (Lipinski definition) is 3. The Bertz CT molecular complexity index is 397. The Kier molecular flexibility index (Phi) is 5.86. The molecule has 3 heteroatoms. The first-order valence-corrected chi connectivity index (χ1v) is 7.92. The van der Waals surface area contributed by atoms with E-state index in [2.05, 4.69) is 60.3 Å². The van der Waals surface area contributed by atoms with Crippen LogP contribution in [0.3, 0.4) is 0 Å². The number of rotatable bonds is 6. The van der Waals surface area contributed by atoms with Crippen molar-refractivity contribution in [2.75, 3.05) is 45.1 Å². The molecule has 0 atom stereocenters. The van der Waals surface area contributed by atoms with E-state index in [0.29, 0.717) is 0 Å². The van der Waals surface area contributed by atoms with Gasteiger partial charge in [0.1, 0.15) is 0 Å². The van der Waals surface area contributed by atoms with Gasteiger partial charge in [-0.3, -0.25) is 0 Å². The van der Waals surface area contributed by atoms with Crippen molar-refractivity contribution in [3.05, 3.63) is 29.8 Å². The molecule has 0 radical (unpaired) electrons. The van der Waals surface area contributed by atoms with E-state index in [4.69, 9.17) is 0 Å². The molecule has 1 N–H and O–H groups in total. The predicted molar refractivity (Wildman–Crippen MR) is 87.4 cm³/mol. The molecule has 0 bridgehead atoms. The van der Waals surface area contributed by atoms with Crippen molar-refractivity contribution < 1.29 is 0 Å². The largest absolute Gasteiger partial charge is 0.384 e. The number of benzene rings is 1. The number of likely N-dealkylation sites (tertiary alicyclic amines) is 1. The van der Waals surface area contributed by atoms with Gasteiger partial charge in [-0.05, 0) is 64.1 Å². The average molecular weight is 275 g/mol. The first-order valence-electron chi connectivity index (χ1n) is 7.92. The molecule has 112 valence electrons. The zero-order valence-electron chi connectivity index (χ0n) is 13.2. The monoisotopic (exact) mass is 275 g/mol. The molecule has 0 saturated carbocycles. The van der Waals surface area contributed by atoms with E-state index in [1.165, 1.54) is 43.7 Å². The summed E-state index contributed by atoms with van der Waals surface area (Å²) in [6.45, 7) is 10.3. The number of hydrogen-bond donors (Lipinski definition) is 1. The Morgan fingerprint density at radius 1 is 1.30 bits per heavy atom. The lowest BCUT2D eigenvalue weighted by Gasteiger charge is -2.36. The summed E-state index contributed by atoms with van der Waals surface area (Å²) in [4.78, 5) is 5.07. The van der Waals surface area contributed by atoms with Crippen molar-refractivity contribution in [2.24, 2.45) is 0 Å². The van der Waals surface area contributed by atoms with Gasteiger partial charge in [-0.1, -0.05) is 19.1 Å². The first-order chi connectivity index (χ1) is 9.69. The van der Waals surface area contributed by atoms with Crippen LogP contribution in [0.5, 0.6) is 0 Å². The Balaban J connectivity index is 1.69. The van der Waals surface area contributed by atoms with Gasteiger partial charge in [0.05, 0.1) is 0 Å². The molecule has 0 aliphatic carbocycles. The Morgan fingerprint density at radius 2 is 2.05 bits per heavy atom. The number of aryl methyl sites for hydroxylation is 1. The molecule has 1 aliphatic heterocycles. The highest BCUT2D eigenvalue weighted by molar-refractivity contribution is 5.45. The average Bonchev–Trinajstić information content (AvgIpc) is 2.47. The van der Waals surface area contributed by atoms with E-state index in [9.17, 15) is 0 Å². The molecule has 3 nitrogen and oxygen atoms in total. The minimum atomic E-state index is 0.761. The summed E-state index contributed by atoms with van der Waals surface area (Å²) in [6.07, 6.45) is 2.63.